The van der Waals surface area contributed by atoms with E-state index in [4.69, 9.17) is 9.47 Å². The molecule has 0 aromatic heterocycles. The predicted molar refractivity (Wildman–Crippen MR) is 71.5 cm³/mol. The van der Waals surface area contributed by atoms with Crippen molar-refractivity contribution in [3.05, 3.63) is 30.3 Å². The van der Waals surface area contributed by atoms with Crippen LogP contribution in [0.5, 0.6) is 17.2 Å². The fraction of sp³-hybridized carbons (Fsp3) is 0.231. The van der Waals surface area contributed by atoms with Crippen LogP contribution in [0.1, 0.15) is 0 Å². The first-order chi connectivity index (χ1) is 8.27. The Morgan fingerprint density at radius 1 is 1.18 bits per heavy atom. The molecule has 0 aliphatic heterocycles. The van der Waals surface area contributed by atoms with E-state index in [0.29, 0.717) is 23.5 Å². The third-order valence-electron chi connectivity index (χ3n) is 2.50. The Morgan fingerprint density at radius 2 is 2.00 bits per heavy atom. The Bertz CT molecular complexity index is 525. The van der Waals surface area contributed by atoms with Crippen LogP contribution in [0.15, 0.2) is 30.3 Å². The summed E-state index contributed by atoms with van der Waals surface area (Å²) in [4.78, 5) is 0. The second kappa shape index (κ2) is 5.27. The quantitative estimate of drug-likeness (QED) is 0.880. The molecule has 0 unspecified atom stereocenters. The Kier molecular flexibility index (Phi) is 3.74. The van der Waals surface area contributed by atoms with Gasteiger partial charge in [-0.05, 0) is 17.5 Å². The number of phenols is 1. The third-order valence-corrected chi connectivity index (χ3v) is 2.82. The predicted octanol–water partition coefficient (Wildman–Crippen LogP) is 3.33. The largest absolute Gasteiger partial charge is 0.504 e. The highest BCUT2D eigenvalue weighted by Gasteiger charge is 2.11. The summed E-state index contributed by atoms with van der Waals surface area (Å²) in [5.74, 6) is 1.24. The van der Waals surface area contributed by atoms with E-state index in [1.54, 1.807) is 13.2 Å². The summed E-state index contributed by atoms with van der Waals surface area (Å²) in [6.45, 7) is 0.508. The van der Waals surface area contributed by atoms with Gasteiger partial charge in [0.1, 0.15) is 5.75 Å². The molecule has 0 radical (unpaired) electrons. The maximum absolute atomic E-state index is 10.2. The molecule has 4 heteroatoms. The topological polar surface area (TPSA) is 38.7 Å². The van der Waals surface area contributed by atoms with Crippen LogP contribution >= 0.6 is 15.9 Å². The van der Waals surface area contributed by atoms with E-state index in [1.165, 1.54) is 0 Å². The Balaban J connectivity index is 2.56. The molecule has 90 valence electrons. The molecule has 2 aromatic carbocycles. The van der Waals surface area contributed by atoms with Crippen LogP contribution < -0.4 is 9.47 Å². The molecule has 0 atom stereocenters. The number of hydrogen-bond acceptors (Lipinski definition) is 3. The van der Waals surface area contributed by atoms with Gasteiger partial charge in [0, 0.05) is 5.33 Å². The van der Waals surface area contributed by atoms with Crippen molar-refractivity contribution in [1.82, 2.24) is 0 Å². The molecule has 17 heavy (non-hydrogen) atoms. The smallest absolute Gasteiger partial charge is 0.169 e. The van der Waals surface area contributed by atoms with Crippen LogP contribution in [0.2, 0.25) is 0 Å². The van der Waals surface area contributed by atoms with E-state index in [9.17, 15) is 5.11 Å². The Hall–Kier alpha value is -1.42. The van der Waals surface area contributed by atoms with E-state index in [1.807, 2.05) is 24.3 Å². The molecular formula is C13H13BrO3. The second-order valence-electron chi connectivity index (χ2n) is 3.51. The summed E-state index contributed by atoms with van der Waals surface area (Å²) < 4.78 is 10.7. The van der Waals surface area contributed by atoms with E-state index in [0.717, 1.165) is 10.7 Å². The van der Waals surface area contributed by atoms with Crippen LogP contribution in [0, 0.1) is 0 Å². The number of methoxy groups -OCH3 is 1. The SMILES string of the molecule is COc1cccc2ccc(OCCBr)c(O)c12. The van der Waals surface area contributed by atoms with Crippen molar-refractivity contribution >= 4 is 26.7 Å². The van der Waals surface area contributed by atoms with Crippen molar-refractivity contribution in [2.24, 2.45) is 0 Å². The van der Waals surface area contributed by atoms with Crippen molar-refractivity contribution in [2.45, 2.75) is 0 Å². The van der Waals surface area contributed by atoms with E-state index < -0.39 is 0 Å². The maximum Gasteiger partial charge on any atom is 0.169 e. The van der Waals surface area contributed by atoms with Crippen LogP contribution in [0.4, 0.5) is 0 Å². The number of halogens is 1. The van der Waals surface area contributed by atoms with Gasteiger partial charge in [0.2, 0.25) is 0 Å². The number of alkyl halides is 1. The van der Waals surface area contributed by atoms with Crippen LogP contribution in [0.25, 0.3) is 10.8 Å². The molecule has 0 fully saturated rings. The summed E-state index contributed by atoms with van der Waals surface area (Å²) in [6.07, 6.45) is 0. The van der Waals surface area contributed by atoms with Gasteiger partial charge >= 0.3 is 0 Å². The van der Waals surface area contributed by atoms with Gasteiger partial charge in [-0.1, -0.05) is 34.1 Å². The molecule has 1 N–H and O–H groups in total. The lowest BCUT2D eigenvalue weighted by molar-refractivity contribution is 0.323. The van der Waals surface area contributed by atoms with Crippen molar-refractivity contribution in [3.8, 4) is 17.2 Å². The fourth-order valence-corrected chi connectivity index (χ4v) is 1.90. The number of rotatable bonds is 4. The minimum absolute atomic E-state index is 0.126. The van der Waals surface area contributed by atoms with Gasteiger partial charge in [-0.25, -0.2) is 0 Å². The highest BCUT2D eigenvalue weighted by atomic mass is 79.9. The molecule has 3 nitrogen and oxygen atoms in total. The monoisotopic (exact) mass is 296 g/mol. The minimum atomic E-state index is 0.126. The molecule has 0 saturated heterocycles. The second-order valence-corrected chi connectivity index (χ2v) is 4.30. The number of ether oxygens (including phenoxy) is 2. The van der Waals surface area contributed by atoms with E-state index in [-0.39, 0.29) is 5.75 Å². The first-order valence-corrected chi connectivity index (χ1v) is 6.37. The molecule has 2 rings (SSSR count). The zero-order chi connectivity index (χ0) is 12.3. The third kappa shape index (κ3) is 2.31. The molecule has 0 amide bonds. The standard InChI is InChI=1S/C13H13BrO3/c1-16-10-4-2-3-9-5-6-11(17-8-7-14)13(15)12(9)10/h2-6,15H,7-8H2,1H3. The van der Waals surface area contributed by atoms with Crippen molar-refractivity contribution in [2.75, 3.05) is 19.0 Å². The van der Waals surface area contributed by atoms with Crippen molar-refractivity contribution in [3.63, 3.8) is 0 Å². The number of fused-ring (bicyclic) bond motifs is 1. The van der Waals surface area contributed by atoms with E-state index >= 15 is 0 Å². The van der Waals surface area contributed by atoms with Gasteiger partial charge in [0.15, 0.2) is 11.5 Å². The van der Waals surface area contributed by atoms with Crippen LogP contribution in [-0.4, -0.2) is 24.2 Å². The number of hydrogen-bond donors (Lipinski definition) is 1. The zero-order valence-corrected chi connectivity index (χ0v) is 11.0. The Morgan fingerprint density at radius 3 is 2.71 bits per heavy atom. The summed E-state index contributed by atoms with van der Waals surface area (Å²) >= 11 is 3.28. The average molecular weight is 297 g/mol. The summed E-state index contributed by atoms with van der Waals surface area (Å²) in [6, 6.07) is 9.29. The number of aromatic hydroxyl groups is 1. The first kappa shape index (κ1) is 12.0. The van der Waals surface area contributed by atoms with Crippen LogP contribution in [0.3, 0.4) is 0 Å². The summed E-state index contributed by atoms with van der Waals surface area (Å²) in [5, 5.41) is 12.5. The lowest BCUT2D eigenvalue weighted by atomic mass is 10.1. The maximum atomic E-state index is 10.2. The highest BCUT2D eigenvalue weighted by Crippen LogP contribution is 2.39. The van der Waals surface area contributed by atoms with Gasteiger partial charge < -0.3 is 14.6 Å². The lowest BCUT2D eigenvalue weighted by Crippen LogP contribution is -1.98. The summed E-state index contributed by atoms with van der Waals surface area (Å²) in [5.41, 5.74) is 0. The average Bonchev–Trinajstić information content (AvgIpc) is 2.37. The molecule has 0 bridgehead atoms. The van der Waals surface area contributed by atoms with Crippen molar-refractivity contribution in [1.29, 1.82) is 0 Å². The number of benzene rings is 2. The molecule has 0 heterocycles. The molecule has 2 aromatic rings. The molecule has 0 saturated carbocycles. The highest BCUT2D eigenvalue weighted by molar-refractivity contribution is 9.09. The van der Waals surface area contributed by atoms with Gasteiger partial charge in [0.05, 0.1) is 19.1 Å². The molecule has 0 aliphatic carbocycles. The lowest BCUT2D eigenvalue weighted by Gasteiger charge is -2.11. The zero-order valence-electron chi connectivity index (χ0n) is 9.44. The van der Waals surface area contributed by atoms with E-state index in [2.05, 4.69) is 15.9 Å². The molecule has 0 spiro atoms. The fourth-order valence-electron chi connectivity index (χ4n) is 1.74. The van der Waals surface area contributed by atoms with Gasteiger partial charge in [0.25, 0.3) is 0 Å². The van der Waals surface area contributed by atoms with Crippen molar-refractivity contribution < 1.29 is 14.6 Å². The van der Waals surface area contributed by atoms with Gasteiger partial charge in [-0.3, -0.25) is 0 Å². The van der Waals surface area contributed by atoms with Gasteiger partial charge in [-0.15, -0.1) is 0 Å². The van der Waals surface area contributed by atoms with Crippen LogP contribution in [-0.2, 0) is 0 Å². The molecular weight excluding hydrogens is 284 g/mol. The molecule has 0 aliphatic rings. The number of phenolic OH excluding ortho intramolecular Hbond substituents is 1. The van der Waals surface area contributed by atoms with Gasteiger partial charge in [-0.2, -0.15) is 0 Å². The summed E-state index contributed by atoms with van der Waals surface area (Å²) in [7, 11) is 1.58. The minimum Gasteiger partial charge on any atom is -0.504 e. The Labute approximate surface area is 108 Å². The normalized spacial score (nSPS) is 10.5. The first-order valence-electron chi connectivity index (χ1n) is 5.25.